The Labute approximate surface area is 225 Å². The maximum atomic E-state index is 13.3. The van der Waals surface area contributed by atoms with Crippen LogP contribution in [0.25, 0.3) is 5.76 Å². The number of amides is 1. The van der Waals surface area contributed by atoms with Gasteiger partial charge in [0.15, 0.2) is 0 Å². The summed E-state index contributed by atoms with van der Waals surface area (Å²) in [4.78, 5) is 31.9. The summed E-state index contributed by atoms with van der Waals surface area (Å²) in [7, 11) is 0. The molecule has 6 nitrogen and oxygen atoms in total. The molecule has 1 amide bonds. The van der Waals surface area contributed by atoms with Crippen LogP contribution >= 0.6 is 11.6 Å². The highest BCUT2D eigenvalue weighted by molar-refractivity contribution is 6.46. The number of rotatable bonds is 7. The number of benzene rings is 3. The first kappa shape index (κ1) is 25.2. The minimum atomic E-state index is -0.806. The Morgan fingerprint density at radius 3 is 2.39 bits per heavy atom. The Bertz CT molecular complexity index is 1520. The van der Waals surface area contributed by atoms with E-state index in [9.17, 15) is 14.7 Å². The summed E-state index contributed by atoms with van der Waals surface area (Å²) in [6.45, 7) is 2.60. The molecule has 1 atom stereocenters. The van der Waals surface area contributed by atoms with E-state index in [1.165, 1.54) is 4.90 Å². The van der Waals surface area contributed by atoms with E-state index >= 15 is 0 Å². The second-order valence-electron chi connectivity index (χ2n) is 9.14. The maximum Gasteiger partial charge on any atom is 0.295 e. The van der Waals surface area contributed by atoms with Gasteiger partial charge in [-0.05, 0) is 72.1 Å². The van der Waals surface area contributed by atoms with Gasteiger partial charge in [0.2, 0.25) is 0 Å². The van der Waals surface area contributed by atoms with Crippen LogP contribution in [-0.4, -0.2) is 26.7 Å². The zero-order chi connectivity index (χ0) is 26.6. The number of pyridine rings is 1. The van der Waals surface area contributed by atoms with Gasteiger partial charge in [0, 0.05) is 29.5 Å². The molecule has 1 aliphatic heterocycles. The molecule has 38 heavy (non-hydrogen) atoms. The van der Waals surface area contributed by atoms with Gasteiger partial charge < -0.3 is 14.7 Å². The summed E-state index contributed by atoms with van der Waals surface area (Å²) < 4.78 is 5.89. The largest absolute Gasteiger partial charge is 0.507 e. The maximum absolute atomic E-state index is 13.3. The third kappa shape index (κ3) is 5.31. The normalized spacial score (nSPS) is 16.6. The second kappa shape index (κ2) is 10.9. The lowest BCUT2D eigenvalue weighted by Gasteiger charge is -2.25. The van der Waals surface area contributed by atoms with Crippen molar-refractivity contribution in [3.8, 4) is 5.75 Å². The quantitative estimate of drug-likeness (QED) is 0.176. The average Bonchev–Trinajstić information content (AvgIpc) is 3.17. The molecule has 0 aliphatic carbocycles. The number of ketones is 1. The minimum Gasteiger partial charge on any atom is -0.507 e. The lowest BCUT2D eigenvalue weighted by molar-refractivity contribution is -0.140. The molecule has 0 spiro atoms. The van der Waals surface area contributed by atoms with Crippen LogP contribution in [-0.2, 0) is 22.7 Å². The molecule has 7 heteroatoms. The van der Waals surface area contributed by atoms with Gasteiger partial charge in [-0.1, -0.05) is 53.6 Å². The van der Waals surface area contributed by atoms with Crippen LogP contribution in [0.2, 0.25) is 5.02 Å². The lowest BCUT2D eigenvalue weighted by Crippen LogP contribution is -2.29. The number of likely N-dealkylation sites (tertiary alicyclic amines) is 1. The monoisotopic (exact) mass is 524 g/mol. The van der Waals surface area contributed by atoms with Crippen molar-refractivity contribution >= 4 is 29.1 Å². The number of hydrogen-bond donors (Lipinski definition) is 1. The van der Waals surface area contributed by atoms with Gasteiger partial charge in [0.1, 0.15) is 18.1 Å². The molecule has 1 saturated heterocycles. The Morgan fingerprint density at radius 1 is 0.947 bits per heavy atom. The molecule has 0 radical (unpaired) electrons. The number of carbonyl (C=O) groups excluding carboxylic acids is 2. The van der Waals surface area contributed by atoms with Crippen molar-refractivity contribution in [3.63, 3.8) is 0 Å². The fraction of sp³-hybridized carbons (Fsp3) is 0.129. The zero-order valence-corrected chi connectivity index (χ0v) is 21.4. The summed E-state index contributed by atoms with van der Waals surface area (Å²) in [5.41, 5.74) is 4.06. The van der Waals surface area contributed by atoms with E-state index in [0.717, 1.165) is 16.7 Å². The number of aryl methyl sites for hydroxylation is 1. The van der Waals surface area contributed by atoms with Gasteiger partial charge in [-0.2, -0.15) is 0 Å². The number of aliphatic hydroxyl groups is 1. The highest BCUT2D eigenvalue weighted by Crippen LogP contribution is 2.41. The highest BCUT2D eigenvalue weighted by atomic mass is 35.5. The van der Waals surface area contributed by atoms with Crippen LogP contribution in [0, 0.1) is 6.92 Å². The van der Waals surface area contributed by atoms with E-state index in [1.54, 1.807) is 73.1 Å². The number of aliphatic hydroxyl groups excluding tert-OH is 1. The molecular weight excluding hydrogens is 500 g/mol. The van der Waals surface area contributed by atoms with E-state index in [0.29, 0.717) is 28.5 Å². The van der Waals surface area contributed by atoms with Gasteiger partial charge in [0.05, 0.1) is 11.6 Å². The molecule has 0 saturated carbocycles. The van der Waals surface area contributed by atoms with E-state index in [-0.39, 0.29) is 17.9 Å². The molecule has 1 aliphatic rings. The average molecular weight is 525 g/mol. The van der Waals surface area contributed by atoms with Crippen molar-refractivity contribution in [1.29, 1.82) is 0 Å². The Balaban J connectivity index is 1.47. The van der Waals surface area contributed by atoms with Crippen molar-refractivity contribution < 1.29 is 19.4 Å². The molecule has 0 unspecified atom stereocenters. The first-order valence-electron chi connectivity index (χ1n) is 12.1. The minimum absolute atomic E-state index is 0.0137. The van der Waals surface area contributed by atoms with Crippen molar-refractivity contribution in [2.24, 2.45) is 0 Å². The number of carbonyl (C=O) groups is 2. The van der Waals surface area contributed by atoms with Gasteiger partial charge >= 0.3 is 0 Å². The molecule has 1 aromatic heterocycles. The SMILES string of the molecule is Cc1cccc(COc2ccc(/C(O)=C3\C(=O)C(=O)N(Cc4ccncc4)[C@H]3c3cccc(Cl)c3)cc2)c1. The van der Waals surface area contributed by atoms with Crippen LogP contribution in [0.5, 0.6) is 5.75 Å². The van der Waals surface area contributed by atoms with E-state index < -0.39 is 17.7 Å². The third-order valence-corrected chi connectivity index (χ3v) is 6.66. The van der Waals surface area contributed by atoms with Crippen LogP contribution in [0.1, 0.15) is 33.9 Å². The van der Waals surface area contributed by atoms with Gasteiger partial charge in [-0.3, -0.25) is 14.6 Å². The molecule has 5 rings (SSSR count). The highest BCUT2D eigenvalue weighted by Gasteiger charge is 2.46. The number of hydrogen-bond acceptors (Lipinski definition) is 5. The number of nitrogens with zero attached hydrogens (tertiary/aromatic N) is 2. The number of halogens is 1. The van der Waals surface area contributed by atoms with E-state index in [1.807, 2.05) is 25.1 Å². The van der Waals surface area contributed by atoms with Crippen LogP contribution < -0.4 is 4.74 Å². The summed E-state index contributed by atoms with van der Waals surface area (Å²) in [5.74, 6) is -1.07. The summed E-state index contributed by atoms with van der Waals surface area (Å²) >= 11 is 6.26. The van der Waals surface area contributed by atoms with Crippen molar-refractivity contribution in [1.82, 2.24) is 9.88 Å². The molecule has 0 bridgehead atoms. The third-order valence-electron chi connectivity index (χ3n) is 6.42. The van der Waals surface area contributed by atoms with Crippen LogP contribution in [0.4, 0.5) is 0 Å². The number of Topliss-reactive ketones (excluding diaryl/α,β-unsaturated/α-hetero) is 1. The molecule has 190 valence electrons. The Kier molecular flexibility index (Phi) is 7.24. The predicted octanol–water partition coefficient (Wildman–Crippen LogP) is 6.24. The topological polar surface area (TPSA) is 79.7 Å². The second-order valence-corrected chi connectivity index (χ2v) is 9.58. The van der Waals surface area contributed by atoms with Crippen molar-refractivity contribution in [3.05, 3.63) is 136 Å². The first-order chi connectivity index (χ1) is 18.4. The zero-order valence-electron chi connectivity index (χ0n) is 20.7. The fourth-order valence-corrected chi connectivity index (χ4v) is 4.78. The lowest BCUT2D eigenvalue weighted by atomic mass is 9.95. The van der Waals surface area contributed by atoms with Gasteiger partial charge in [-0.15, -0.1) is 0 Å². The molecule has 1 fully saturated rings. The Morgan fingerprint density at radius 2 is 1.68 bits per heavy atom. The van der Waals surface area contributed by atoms with Gasteiger partial charge in [0.25, 0.3) is 11.7 Å². The summed E-state index contributed by atoms with van der Waals surface area (Å²) in [6, 6.07) is 24.6. The van der Waals surface area contributed by atoms with Crippen molar-refractivity contribution in [2.45, 2.75) is 26.1 Å². The molecule has 4 aromatic rings. The standard InChI is InChI=1S/C31H25ClN2O4/c1-20-4-2-5-22(16-20)19-38-26-10-8-23(9-11-26)29(35)27-28(24-6-3-7-25(32)17-24)34(31(37)30(27)36)18-21-12-14-33-15-13-21/h2-17,28,35H,18-19H2,1H3/b29-27+/t28-/m0/s1. The fourth-order valence-electron chi connectivity index (χ4n) is 4.58. The first-order valence-corrected chi connectivity index (χ1v) is 12.5. The van der Waals surface area contributed by atoms with Crippen LogP contribution in [0.3, 0.4) is 0 Å². The summed E-state index contributed by atoms with van der Waals surface area (Å²) in [5, 5.41) is 11.8. The van der Waals surface area contributed by atoms with Crippen LogP contribution in [0.15, 0.2) is 103 Å². The predicted molar refractivity (Wildman–Crippen MR) is 145 cm³/mol. The number of aromatic nitrogens is 1. The Hall–Kier alpha value is -4.42. The molecule has 1 N–H and O–H groups in total. The smallest absolute Gasteiger partial charge is 0.295 e. The van der Waals surface area contributed by atoms with Gasteiger partial charge in [-0.25, -0.2) is 0 Å². The summed E-state index contributed by atoms with van der Waals surface area (Å²) in [6.07, 6.45) is 3.26. The molecule has 3 aromatic carbocycles. The van der Waals surface area contributed by atoms with E-state index in [4.69, 9.17) is 16.3 Å². The molecule has 2 heterocycles. The molecular formula is C31H25ClN2O4. The van der Waals surface area contributed by atoms with E-state index in [2.05, 4.69) is 11.1 Å². The van der Waals surface area contributed by atoms with Crippen molar-refractivity contribution in [2.75, 3.05) is 0 Å². The number of ether oxygens (including phenoxy) is 1.